The SMILES string of the molecule is CN=C(SCC(=O)NCCCN(C)c1ccccc1)N(NC)c1ccccc1. The van der Waals surface area contributed by atoms with E-state index in [1.165, 1.54) is 17.4 Å². The van der Waals surface area contributed by atoms with Gasteiger partial charge < -0.3 is 10.2 Å². The third kappa shape index (κ3) is 6.90. The molecule has 0 spiro atoms. The molecule has 0 fully saturated rings. The molecule has 0 aliphatic carbocycles. The molecule has 0 bridgehead atoms. The van der Waals surface area contributed by atoms with Crippen LogP contribution in [0.2, 0.25) is 0 Å². The Morgan fingerprint density at radius 2 is 1.64 bits per heavy atom. The van der Waals surface area contributed by atoms with Gasteiger partial charge in [-0.25, -0.2) is 5.43 Å². The van der Waals surface area contributed by atoms with Crippen LogP contribution in [-0.4, -0.2) is 51.1 Å². The van der Waals surface area contributed by atoms with Gasteiger partial charge in [0, 0.05) is 39.9 Å². The largest absolute Gasteiger partial charge is 0.375 e. The second-order valence-electron chi connectivity index (χ2n) is 6.15. The lowest BCUT2D eigenvalue weighted by atomic mass is 10.3. The van der Waals surface area contributed by atoms with Gasteiger partial charge in [0.15, 0.2) is 5.17 Å². The highest BCUT2D eigenvalue weighted by Crippen LogP contribution is 2.17. The molecule has 28 heavy (non-hydrogen) atoms. The third-order valence-electron chi connectivity index (χ3n) is 4.14. The van der Waals surface area contributed by atoms with Crippen LogP contribution in [0.5, 0.6) is 0 Å². The minimum Gasteiger partial charge on any atom is -0.375 e. The van der Waals surface area contributed by atoms with Gasteiger partial charge in [0.2, 0.25) is 5.91 Å². The van der Waals surface area contributed by atoms with E-state index in [1.54, 1.807) is 7.05 Å². The number of para-hydroxylation sites is 2. The zero-order chi connectivity index (χ0) is 20.2. The fourth-order valence-corrected chi connectivity index (χ4v) is 3.50. The molecular formula is C21H29N5OS. The number of hydrogen-bond donors (Lipinski definition) is 2. The molecule has 2 N–H and O–H groups in total. The molecule has 0 aliphatic heterocycles. The van der Waals surface area contributed by atoms with Crippen molar-refractivity contribution in [2.24, 2.45) is 4.99 Å². The summed E-state index contributed by atoms with van der Waals surface area (Å²) in [7, 11) is 5.63. The van der Waals surface area contributed by atoms with Crippen LogP contribution in [0.25, 0.3) is 0 Å². The van der Waals surface area contributed by atoms with Crippen molar-refractivity contribution >= 4 is 34.2 Å². The van der Waals surface area contributed by atoms with Crippen molar-refractivity contribution in [3.63, 3.8) is 0 Å². The Morgan fingerprint density at radius 1 is 1.04 bits per heavy atom. The molecule has 0 atom stereocenters. The van der Waals surface area contributed by atoms with Gasteiger partial charge in [-0.3, -0.25) is 14.8 Å². The van der Waals surface area contributed by atoms with E-state index < -0.39 is 0 Å². The summed E-state index contributed by atoms with van der Waals surface area (Å²) < 4.78 is 0. The number of thioether (sulfide) groups is 1. The molecule has 0 unspecified atom stereocenters. The second kappa shape index (κ2) is 12.0. The topological polar surface area (TPSA) is 60.0 Å². The number of benzene rings is 2. The van der Waals surface area contributed by atoms with Crippen molar-refractivity contribution in [1.82, 2.24) is 10.7 Å². The maximum Gasteiger partial charge on any atom is 0.230 e. The van der Waals surface area contributed by atoms with Gasteiger partial charge in [-0.1, -0.05) is 48.2 Å². The molecule has 0 aliphatic rings. The monoisotopic (exact) mass is 399 g/mol. The van der Waals surface area contributed by atoms with Gasteiger partial charge in [0.05, 0.1) is 11.4 Å². The highest BCUT2D eigenvalue weighted by Gasteiger charge is 2.14. The molecule has 0 aromatic heterocycles. The molecule has 1 amide bonds. The van der Waals surface area contributed by atoms with Crippen molar-refractivity contribution in [2.75, 3.05) is 49.9 Å². The standard InChI is InChI=1S/C21H29N5OS/c1-22-21(26(23-2)19-13-8-5-9-14-19)28-17-20(27)24-15-10-16-25(3)18-11-6-4-7-12-18/h4-9,11-14,23H,10,15-17H2,1-3H3,(H,24,27). The highest BCUT2D eigenvalue weighted by atomic mass is 32.2. The first-order valence-corrected chi connectivity index (χ1v) is 10.3. The third-order valence-corrected chi connectivity index (χ3v) is 5.17. The van der Waals surface area contributed by atoms with Gasteiger partial charge in [-0.2, -0.15) is 0 Å². The van der Waals surface area contributed by atoms with E-state index in [-0.39, 0.29) is 5.91 Å². The van der Waals surface area contributed by atoms with E-state index in [0.29, 0.717) is 12.3 Å². The lowest BCUT2D eigenvalue weighted by Gasteiger charge is -2.24. The van der Waals surface area contributed by atoms with Crippen LogP contribution < -0.4 is 20.7 Å². The Hall–Kier alpha value is -2.51. The van der Waals surface area contributed by atoms with E-state index in [9.17, 15) is 4.79 Å². The molecule has 0 saturated carbocycles. The lowest BCUT2D eigenvalue weighted by Crippen LogP contribution is -2.40. The van der Waals surface area contributed by atoms with Gasteiger partial charge >= 0.3 is 0 Å². The van der Waals surface area contributed by atoms with Crippen LogP contribution in [0.4, 0.5) is 11.4 Å². The van der Waals surface area contributed by atoms with E-state index in [0.717, 1.165) is 23.8 Å². The number of anilines is 2. The number of hydrazine groups is 1. The summed E-state index contributed by atoms with van der Waals surface area (Å²) in [5.74, 6) is 0.337. The highest BCUT2D eigenvalue weighted by molar-refractivity contribution is 8.14. The van der Waals surface area contributed by atoms with Crippen molar-refractivity contribution in [3.8, 4) is 0 Å². The number of rotatable bonds is 9. The van der Waals surface area contributed by atoms with Crippen molar-refractivity contribution < 1.29 is 4.79 Å². The molecule has 6 nitrogen and oxygen atoms in total. The Balaban J connectivity index is 1.72. The van der Waals surface area contributed by atoms with Crippen LogP contribution in [0.15, 0.2) is 65.7 Å². The number of carbonyl (C=O) groups excluding carboxylic acids is 1. The van der Waals surface area contributed by atoms with Crippen LogP contribution in [0.1, 0.15) is 6.42 Å². The molecule has 2 aromatic rings. The molecule has 150 valence electrons. The average molecular weight is 400 g/mol. The number of hydrogen-bond acceptors (Lipinski definition) is 5. The zero-order valence-electron chi connectivity index (χ0n) is 16.8. The van der Waals surface area contributed by atoms with Crippen molar-refractivity contribution in [2.45, 2.75) is 6.42 Å². The second-order valence-corrected chi connectivity index (χ2v) is 7.09. The van der Waals surface area contributed by atoms with E-state index >= 15 is 0 Å². The van der Waals surface area contributed by atoms with Crippen LogP contribution >= 0.6 is 11.8 Å². The number of amides is 1. The summed E-state index contributed by atoms with van der Waals surface area (Å²) in [6, 6.07) is 20.1. The smallest absolute Gasteiger partial charge is 0.230 e. The number of nitrogens with one attached hydrogen (secondary N) is 2. The molecule has 0 saturated heterocycles. The molecular weight excluding hydrogens is 370 g/mol. The van der Waals surface area contributed by atoms with Crippen LogP contribution in [-0.2, 0) is 4.79 Å². The zero-order valence-corrected chi connectivity index (χ0v) is 17.6. The first kappa shape index (κ1) is 21.8. The summed E-state index contributed by atoms with van der Waals surface area (Å²) in [5.41, 5.74) is 5.27. The Kier molecular flexibility index (Phi) is 9.37. The number of carbonyl (C=O) groups is 1. The average Bonchev–Trinajstić information content (AvgIpc) is 2.75. The maximum absolute atomic E-state index is 12.2. The van der Waals surface area contributed by atoms with E-state index in [4.69, 9.17) is 0 Å². The molecule has 0 radical (unpaired) electrons. The predicted octanol–water partition coefficient (Wildman–Crippen LogP) is 2.99. The van der Waals surface area contributed by atoms with Gasteiger partial charge in [-0.15, -0.1) is 0 Å². The maximum atomic E-state index is 12.2. The Labute approximate surface area is 172 Å². The van der Waals surface area contributed by atoms with Gasteiger partial charge in [0.1, 0.15) is 0 Å². The molecule has 7 heteroatoms. The Morgan fingerprint density at radius 3 is 2.21 bits per heavy atom. The Bertz CT molecular complexity index is 739. The van der Waals surface area contributed by atoms with Gasteiger partial charge in [-0.05, 0) is 30.7 Å². The summed E-state index contributed by atoms with van der Waals surface area (Å²) >= 11 is 1.41. The fourth-order valence-electron chi connectivity index (χ4n) is 2.68. The van der Waals surface area contributed by atoms with Crippen molar-refractivity contribution in [1.29, 1.82) is 0 Å². The normalized spacial score (nSPS) is 11.2. The van der Waals surface area contributed by atoms with Crippen LogP contribution in [0, 0.1) is 0 Å². The van der Waals surface area contributed by atoms with Crippen molar-refractivity contribution in [3.05, 3.63) is 60.7 Å². The summed E-state index contributed by atoms with van der Waals surface area (Å²) in [6.07, 6.45) is 0.892. The minimum absolute atomic E-state index is 0.0117. The molecule has 2 aromatic carbocycles. The quantitative estimate of drug-likeness (QED) is 0.294. The van der Waals surface area contributed by atoms with E-state index in [1.807, 2.05) is 60.6 Å². The minimum atomic E-state index is 0.0117. The fraction of sp³-hybridized carbons (Fsp3) is 0.333. The molecule has 0 heterocycles. The summed E-state index contributed by atoms with van der Waals surface area (Å²) in [6.45, 7) is 1.55. The number of amidine groups is 1. The number of aliphatic imine (C=N–C) groups is 1. The predicted molar refractivity (Wildman–Crippen MR) is 121 cm³/mol. The van der Waals surface area contributed by atoms with Gasteiger partial charge in [0.25, 0.3) is 0 Å². The van der Waals surface area contributed by atoms with Crippen LogP contribution in [0.3, 0.4) is 0 Å². The lowest BCUT2D eigenvalue weighted by molar-refractivity contribution is -0.118. The van der Waals surface area contributed by atoms with E-state index in [2.05, 4.69) is 39.8 Å². The molecule has 2 rings (SSSR count). The summed E-state index contributed by atoms with van der Waals surface area (Å²) in [4.78, 5) is 18.7. The number of nitrogens with zero attached hydrogens (tertiary/aromatic N) is 3. The summed E-state index contributed by atoms with van der Waals surface area (Å²) in [5, 5.41) is 5.60. The first-order chi connectivity index (χ1) is 13.7. The first-order valence-electron chi connectivity index (χ1n) is 9.30.